The minimum atomic E-state index is -0.175. The first-order valence-corrected chi connectivity index (χ1v) is 11.2. The zero-order chi connectivity index (χ0) is 24.1. The molecule has 0 spiro atoms. The summed E-state index contributed by atoms with van der Waals surface area (Å²) >= 11 is 0. The van der Waals surface area contributed by atoms with Gasteiger partial charge in [0, 0.05) is 56.3 Å². The van der Waals surface area contributed by atoms with Gasteiger partial charge in [0.2, 0.25) is 5.95 Å². The molecule has 0 unspecified atom stereocenters. The quantitative estimate of drug-likeness (QED) is 0.565. The van der Waals surface area contributed by atoms with Crippen LogP contribution in [0.3, 0.4) is 0 Å². The number of aryl methyl sites for hydroxylation is 1. The Kier molecular flexibility index (Phi) is 7.00. The van der Waals surface area contributed by atoms with Crippen LogP contribution in [0.15, 0.2) is 36.7 Å². The molecule has 3 aromatic heterocycles. The van der Waals surface area contributed by atoms with Crippen LogP contribution < -0.4 is 20.7 Å². The Bertz CT molecular complexity index is 1150. The molecule has 0 radical (unpaired) electrons. The van der Waals surface area contributed by atoms with E-state index in [1.165, 1.54) is 0 Å². The number of nitrogens with zero attached hydrogens (tertiary/aromatic N) is 7. The highest BCUT2D eigenvalue weighted by molar-refractivity contribution is 5.88. The number of hydrogen-bond acceptors (Lipinski definition) is 9. The van der Waals surface area contributed by atoms with E-state index in [2.05, 4.69) is 35.1 Å². The van der Waals surface area contributed by atoms with Gasteiger partial charge in [0.1, 0.15) is 18.2 Å². The summed E-state index contributed by atoms with van der Waals surface area (Å²) in [7, 11) is 0. The number of anilines is 3. The number of carbonyl (C=O) groups is 1. The van der Waals surface area contributed by atoms with Crippen LogP contribution in [-0.2, 0) is 6.61 Å². The van der Waals surface area contributed by atoms with Crippen molar-refractivity contribution in [2.45, 2.75) is 33.3 Å². The third-order valence-electron chi connectivity index (χ3n) is 5.35. The summed E-state index contributed by atoms with van der Waals surface area (Å²) in [4.78, 5) is 38.2. The van der Waals surface area contributed by atoms with Crippen LogP contribution in [-0.4, -0.2) is 62.0 Å². The van der Waals surface area contributed by atoms with E-state index in [1.807, 2.05) is 32.9 Å². The lowest BCUT2D eigenvalue weighted by molar-refractivity contribution is 0.207. The Hall–Kier alpha value is -4.02. The van der Waals surface area contributed by atoms with Crippen LogP contribution in [0.4, 0.5) is 22.4 Å². The predicted octanol–water partition coefficient (Wildman–Crippen LogP) is 2.61. The molecule has 4 heterocycles. The Morgan fingerprint density at radius 2 is 1.91 bits per heavy atom. The first-order valence-electron chi connectivity index (χ1n) is 11.2. The van der Waals surface area contributed by atoms with Gasteiger partial charge in [0.25, 0.3) is 0 Å². The van der Waals surface area contributed by atoms with Gasteiger partial charge < -0.3 is 20.3 Å². The maximum atomic E-state index is 12.8. The number of nitrogens with two attached hydrogens (primary N) is 1. The van der Waals surface area contributed by atoms with Crippen molar-refractivity contribution in [1.29, 1.82) is 0 Å². The van der Waals surface area contributed by atoms with E-state index in [0.717, 1.165) is 11.5 Å². The monoisotopic (exact) mass is 463 g/mol. The number of amides is 2. The molecule has 11 heteroatoms. The molecule has 3 N–H and O–H groups in total. The van der Waals surface area contributed by atoms with Crippen molar-refractivity contribution in [1.82, 2.24) is 29.8 Å². The van der Waals surface area contributed by atoms with Crippen molar-refractivity contribution in [2.75, 3.05) is 42.1 Å². The number of piperazine rings is 1. The fourth-order valence-corrected chi connectivity index (χ4v) is 3.60. The molecule has 0 atom stereocenters. The minimum absolute atomic E-state index is 0.175. The van der Waals surface area contributed by atoms with Crippen LogP contribution in [0.5, 0.6) is 5.75 Å². The molecule has 0 aromatic carbocycles. The third-order valence-corrected chi connectivity index (χ3v) is 5.35. The van der Waals surface area contributed by atoms with Gasteiger partial charge in [-0.3, -0.25) is 5.32 Å². The van der Waals surface area contributed by atoms with Crippen molar-refractivity contribution < 1.29 is 9.53 Å². The average Bonchev–Trinajstić information content (AvgIpc) is 2.83. The zero-order valence-electron chi connectivity index (χ0n) is 19.6. The van der Waals surface area contributed by atoms with E-state index in [9.17, 15) is 4.79 Å². The van der Waals surface area contributed by atoms with Crippen LogP contribution in [0.2, 0.25) is 0 Å². The third kappa shape index (κ3) is 5.66. The highest BCUT2D eigenvalue weighted by Crippen LogP contribution is 2.27. The first-order chi connectivity index (χ1) is 16.4. The number of urea groups is 1. The van der Waals surface area contributed by atoms with Crippen LogP contribution >= 0.6 is 0 Å². The van der Waals surface area contributed by atoms with E-state index in [1.54, 1.807) is 29.4 Å². The summed E-state index contributed by atoms with van der Waals surface area (Å²) in [5, 5.41) is 2.91. The Balaban J connectivity index is 1.36. The van der Waals surface area contributed by atoms with Crippen LogP contribution in [0.1, 0.15) is 37.0 Å². The summed E-state index contributed by atoms with van der Waals surface area (Å²) < 4.78 is 5.97. The number of pyridine rings is 1. The van der Waals surface area contributed by atoms with E-state index in [0.29, 0.717) is 49.3 Å². The first kappa shape index (κ1) is 23.1. The SMILES string of the molecule is Cc1cc(NC(=O)N2CCN(c3ncccc3OCc3ccnc(N)n3)CC2)nc(C(C)C)n1. The maximum Gasteiger partial charge on any atom is 0.323 e. The Morgan fingerprint density at radius 1 is 1.12 bits per heavy atom. The summed E-state index contributed by atoms with van der Waals surface area (Å²) in [6.07, 6.45) is 3.33. The van der Waals surface area contributed by atoms with Gasteiger partial charge >= 0.3 is 6.03 Å². The molecule has 2 amide bonds. The number of hydrogen-bond donors (Lipinski definition) is 2. The summed E-state index contributed by atoms with van der Waals surface area (Å²) in [5.74, 6) is 3.01. The number of carbonyl (C=O) groups excluding carboxylic acids is 1. The lowest BCUT2D eigenvalue weighted by Gasteiger charge is -2.35. The van der Waals surface area contributed by atoms with Crippen molar-refractivity contribution in [3.8, 4) is 5.75 Å². The molecule has 1 aliphatic heterocycles. The Labute approximate surface area is 198 Å². The molecule has 0 saturated carbocycles. The number of nitrogens with one attached hydrogen (secondary N) is 1. The van der Waals surface area contributed by atoms with E-state index < -0.39 is 0 Å². The largest absolute Gasteiger partial charge is 0.483 e. The maximum absolute atomic E-state index is 12.8. The van der Waals surface area contributed by atoms with Gasteiger partial charge in [0.05, 0.1) is 5.69 Å². The molecule has 0 aliphatic carbocycles. The lowest BCUT2D eigenvalue weighted by atomic mass is 10.2. The lowest BCUT2D eigenvalue weighted by Crippen LogP contribution is -2.50. The summed E-state index contributed by atoms with van der Waals surface area (Å²) in [5.41, 5.74) is 7.16. The number of nitrogen functional groups attached to an aromatic ring is 1. The van der Waals surface area contributed by atoms with Crippen LogP contribution in [0.25, 0.3) is 0 Å². The van der Waals surface area contributed by atoms with Gasteiger partial charge in [-0.05, 0) is 25.1 Å². The molecule has 1 fully saturated rings. The van der Waals surface area contributed by atoms with Gasteiger partial charge in [0.15, 0.2) is 11.6 Å². The molecule has 1 aliphatic rings. The Morgan fingerprint density at radius 3 is 2.65 bits per heavy atom. The minimum Gasteiger partial charge on any atom is -0.483 e. The molecule has 1 saturated heterocycles. The smallest absolute Gasteiger partial charge is 0.323 e. The molecule has 34 heavy (non-hydrogen) atoms. The fourth-order valence-electron chi connectivity index (χ4n) is 3.60. The average molecular weight is 464 g/mol. The van der Waals surface area contributed by atoms with Crippen molar-refractivity contribution in [2.24, 2.45) is 0 Å². The second kappa shape index (κ2) is 10.3. The van der Waals surface area contributed by atoms with Gasteiger partial charge in [-0.15, -0.1) is 0 Å². The van der Waals surface area contributed by atoms with Crippen molar-refractivity contribution in [3.05, 3.63) is 53.9 Å². The number of ether oxygens (including phenoxy) is 1. The normalized spacial score (nSPS) is 13.8. The molecule has 11 nitrogen and oxygen atoms in total. The van der Waals surface area contributed by atoms with Gasteiger partial charge in [-0.2, -0.15) is 0 Å². The second-order valence-corrected chi connectivity index (χ2v) is 8.33. The van der Waals surface area contributed by atoms with Gasteiger partial charge in [-0.25, -0.2) is 29.7 Å². The van der Waals surface area contributed by atoms with E-state index in [-0.39, 0.29) is 24.5 Å². The summed E-state index contributed by atoms with van der Waals surface area (Å²) in [6, 6.07) is 7.06. The molecule has 178 valence electrons. The van der Waals surface area contributed by atoms with Crippen molar-refractivity contribution >= 4 is 23.6 Å². The highest BCUT2D eigenvalue weighted by atomic mass is 16.5. The fraction of sp³-hybridized carbons (Fsp3) is 0.391. The van der Waals surface area contributed by atoms with E-state index >= 15 is 0 Å². The number of rotatable bonds is 6. The van der Waals surface area contributed by atoms with E-state index in [4.69, 9.17) is 10.5 Å². The summed E-state index contributed by atoms with van der Waals surface area (Å²) in [6.45, 7) is 8.55. The zero-order valence-corrected chi connectivity index (χ0v) is 19.6. The number of aromatic nitrogens is 5. The van der Waals surface area contributed by atoms with Crippen molar-refractivity contribution in [3.63, 3.8) is 0 Å². The van der Waals surface area contributed by atoms with Crippen LogP contribution in [0, 0.1) is 6.92 Å². The topological polar surface area (TPSA) is 135 Å². The molecule has 3 aromatic rings. The predicted molar refractivity (Wildman–Crippen MR) is 129 cm³/mol. The molecule has 4 rings (SSSR count). The second-order valence-electron chi connectivity index (χ2n) is 8.33. The molecular weight excluding hydrogens is 434 g/mol. The standard InChI is InChI=1S/C23H29N9O2/c1-15(2)20-27-16(3)13-19(29-20)30-23(33)32-11-9-31(10-12-32)21-18(5-4-7-25-21)34-14-17-6-8-26-22(24)28-17/h4-8,13,15H,9-12,14H2,1-3H3,(H2,24,26,28)(H,27,29,30,33). The molecule has 0 bridgehead atoms. The molecular formula is C23H29N9O2. The highest BCUT2D eigenvalue weighted by Gasteiger charge is 2.24. The van der Waals surface area contributed by atoms with Gasteiger partial charge in [-0.1, -0.05) is 13.8 Å².